The third-order valence-electron chi connectivity index (χ3n) is 9.10. The van der Waals surface area contributed by atoms with E-state index in [1.165, 1.54) is 104 Å². The highest BCUT2D eigenvalue weighted by Crippen LogP contribution is 2.41. The number of hydrogen-bond acceptors (Lipinski definition) is 12. The highest BCUT2D eigenvalue weighted by atomic mass is 16.5. The molecule has 0 saturated heterocycles. The van der Waals surface area contributed by atoms with Crippen LogP contribution >= 0.6 is 0 Å². The molecule has 4 aromatic carbocycles. The van der Waals surface area contributed by atoms with Crippen molar-refractivity contribution in [1.29, 1.82) is 0 Å². The van der Waals surface area contributed by atoms with E-state index in [9.17, 15) is 38.4 Å². The molecule has 12 nitrogen and oxygen atoms in total. The van der Waals surface area contributed by atoms with Gasteiger partial charge in [0.1, 0.15) is 23.0 Å². The fourth-order valence-corrected chi connectivity index (χ4v) is 6.80. The van der Waals surface area contributed by atoms with Gasteiger partial charge in [-0.1, -0.05) is 0 Å². The van der Waals surface area contributed by atoms with Crippen molar-refractivity contribution in [3.63, 3.8) is 0 Å². The molecule has 0 saturated carbocycles. The number of rotatable bonds is 8. The van der Waals surface area contributed by atoms with Gasteiger partial charge in [0, 0.05) is 120 Å². The van der Waals surface area contributed by atoms with E-state index in [4.69, 9.17) is 18.9 Å². The lowest BCUT2D eigenvalue weighted by molar-refractivity contribution is -0.132. The first kappa shape index (κ1) is 40.6. The minimum Gasteiger partial charge on any atom is -0.426 e. The maximum absolute atomic E-state index is 13.0. The van der Waals surface area contributed by atoms with Crippen molar-refractivity contribution < 1.29 is 57.3 Å². The summed E-state index contributed by atoms with van der Waals surface area (Å²) in [6.45, 7) is 10.3. The van der Waals surface area contributed by atoms with Crippen molar-refractivity contribution in [1.82, 2.24) is 0 Å². The molecule has 1 aliphatic rings. The number of ketones is 4. The third kappa shape index (κ3) is 9.20. The summed E-state index contributed by atoms with van der Waals surface area (Å²) in [4.78, 5) is 103. The van der Waals surface area contributed by atoms with Crippen LogP contribution in [0.3, 0.4) is 0 Å². The second kappa shape index (κ2) is 16.4. The Kier molecular flexibility index (Phi) is 11.9. The van der Waals surface area contributed by atoms with Gasteiger partial charge in [-0.2, -0.15) is 0 Å². The molecule has 0 fully saturated rings. The van der Waals surface area contributed by atoms with E-state index in [0.29, 0.717) is 44.5 Å². The van der Waals surface area contributed by atoms with Crippen LogP contribution in [0.15, 0.2) is 48.5 Å². The monoisotopic (exact) mass is 760 g/mol. The van der Waals surface area contributed by atoms with E-state index >= 15 is 0 Å². The summed E-state index contributed by atoms with van der Waals surface area (Å²) in [5.74, 6) is -3.80. The van der Waals surface area contributed by atoms with E-state index in [1.807, 2.05) is 0 Å². The van der Waals surface area contributed by atoms with Crippen LogP contribution in [-0.2, 0) is 44.9 Å². The molecule has 1 aliphatic carbocycles. The quantitative estimate of drug-likeness (QED) is 0.0913. The minimum absolute atomic E-state index is 0.0650. The zero-order chi connectivity index (χ0) is 41.2. The molecule has 0 radical (unpaired) electrons. The number of esters is 4. The first-order valence-electron chi connectivity index (χ1n) is 17.7. The minimum atomic E-state index is -0.688. The molecule has 0 amide bonds. The van der Waals surface area contributed by atoms with Crippen LogP contribution in [0.4, 0.5) is 0 Å². The van der Waals surface area contributed by atoms with Gasteiger partial charge >= 0.3 is 23.9 Å². The Balaban J connectivity index is 2.02. The van der Waals surface area contributed by atoms with Crippen LogP contribution in [0, 0.1) is 0 Å². The van der Waals surface area contributed by atoms with E-state index in [2.05, 4.69) is 0 Å². The van der Waals surface area contributed by atoms with Crippen LogP contribution in [0.5, 0.6) is 23.0 Å². The summed E-state index contributed by atoms with van der Waals surface area (Å²) >= 11 is 0. The normalized spacial score (nSPS) is 11.9. The van der Waals surface area contributed by atoms with Gasteiger partial charge in [0.15, 0.2) is 23.1 Å². The predicted octanol–water partition coefficient (Wildman–Crippen LogP) is 6.87. The molecule has 0 heterocycles. The molecule has 12 heteroatoms. The number of carbonyl (C=O) groups is 8. The molecule has 0 aliphatic heterocycles. The highest BCUT2D eigenvalue weighted by molar-refractivity contribution is 5.97. The van der Waals surface area contributed by atoms with E-state index in [-0.39, 0.29) is 94.1 Å². The smallest absolute Gasteiger partial charge is 0.308 e. The predicted molar refractivity (Wildman–Crippen MR) is 202 cm³/mol. The van der Waals surface area contributed by atoms with Gasteiger partial charge in [0.2, 0.25) is 0 Å². The highest BCUT2D eigenvalue weighted by Gasteiger charge is 2.27. The second-order valence-corrected chi connectivity index (χ2v) is 13.8. The molecular weight excluding hydrogens is 720 g/mol. The van der Waals surface area contributed by atoms with Gasteiger partial charge in [0.25, 0.3) is 0 Å². The number of benzene rings is 4. The molecule has 0 spiro atoms. The van der Waals surface area contributed by atoms with Crippen LogP contribution in [0.2, 0.25) is 0 Å². The van der Waals surface area contributed by atoms with Gasteiger partial charge in [-0.05, 0) is 76.2 Å². The lowest BCUT2D eigenvalue weighted by atomic mass is 9.87. The van der Waals surface area contributed by atoms with Gasteiger partial charge in [-0.3, -0.25) is 38.4 Å². The van der Waals surface area contributed by atoms with E-state index < -0.39 is 23.9 Å². The van der Waals surface area contributed by atoms with Gasteiger partial charge in [-0.15, -0.1) is 0 Å². The molecule has 8 bridgehead atoms. The lowest BCUT2D eigenvalue weighted by Gasteiger charge is -2.23. The fourth-order valence-electron chi connectivity index (χ4n) is 6.80. The van der Waals surface area contributed by atoms with Crippen molar-refractivity contribution >= 4 is 47.0 Å². The van der Waals surface area contributed by atoms with Crippen molar-refractivity contribution in [2.75, 3.05) is 0 Å². The topological polar surface area (TPSA) is 173 Å². The standard InChI is InChI=1S/C44H40O12/c1-21(45)29-9-33-17-35-11-30(22(2)46)13-37(42(35)54-26(6)50)19-39-15-32(24(4)48)16-40(44(39)56-28(8)52)20-38-14-31(23(3)47)12-36(43(38)55-27(7)51)18-34(10-29)41(33)53-25(5)49/h9-16H,17-20H2,1-8H3. The Morgan fingerprint density at radius 2 is 0.446 bits per heavy atom. The van der Waals surface area contributed by atoms with Gasteiger partial charge in [0.05, 0.1) is 0 Å². The number of hydrogen-bond donors (Lipinski definition) is 0. The van der Waals surface area contributed by atoms with Crippen molar-refractivity contribution in [2.45, 2.75) is 81.1 Å². The molecule has 0 unspecified atom stereocenters. The lowest BCUT2D eigenvalue weighted by Crippen LogP contribution is -2.15. The average molecular weight is 761 g/mol. The molecule has 0 aromatic heterocycles. The largest absolute Gasteiger partial charge is 0.426 e. The van der Waals surface area contributed by atoms with Crippen LogP contribution in [0.25, 0.3) is 0 Å². The second-order valence-electron chi connectivity index (χ2n) is 13.8. The molecule has 56 heavy (non-hydrogen) atoms. The molecule has 0 N–H and O–H groups in total. The van der Waals surface area contributed by atoms with Crippen molar-refractivity contribution in [3.8, 4) is 23.0 Å². The summed E-state index contributed by atoms with van der Waals surface area (Å²) in [7, 11) is 0. The molecule has 5 rings (SSSR count). The van der Waals surface area contributed by atoms with Gasteiger partial charge < -0.3 is 18.9 Å². The first-order chi connectivity index (χ1) is 26.3. The molecule has 288 valence electrons. The summed E-state index contributed by atoms with van der Waals surface area (Å²) in [5, 5.41) is 0. The summed E-state index contributed by atoms with van der Waals surface area (Å²) < 4.78 is 23.4. The number of fused-ring (bicyclic) bond motifs is 8. The number of Topliss-reactive ketones (excluding diaryl/α,β-unsaturated/α-hetero) is 4. The zero-order valence-corrected chi connectivity index (χ0v) is 32.3. The Hall–Kier alpha value is -6.56. The Bertz CT molecular complexity index is 1970. The number of carbonyl (C=O) groups excluding carboxylic acids is 8. The molecule has 4 aromatic rings. The number of ether oxygens (including phenoxy) is 4. The Morgan fingerprint density at radius 3 is 0.554 bits per heavy atom. The van der Waals surface area contributed by atoms with Crippen molar-refractivity contribution in [3.05, 3.63) is 115 Å². The van der Waals surface area contributed by atoms with E-state index in [0.717, 1.165) is 0 Å². The zero-order valence-electron chi connectivity index (χ0n) is 32.3. The average Bonchev–Trinajstić information content (AvgIpc) is 3.08. The van der Waals surface area contributed by atoms with Crippen LogP contribution in [0.1, 0.15) is 141 Å². The van der Waals surface area contributed by atoms with Crippen molar-refractivity contribution in [2.24, 2.45) is 0 Å². The van der Waals surface area contributed by atoms with Gasteiger partial charge in [-0.25, -0.2) is 0 Å². The van der Waals surface area contributed by atoms with Crippen LogP contribution < -0.4 is 18.9 Å². The summed E-state index contributed by atoms with van der Waals surface area (Å²) in [5.41, 5.74) is 3.45. The third-order valence-corrected chi connectivity index (χ3v) is 9.10. The summed E-state index contributed by atoms with van der Waals surface area (Å²) in [6, 6.07) is 12.3. The Labute approximate surface area is 323 Å². The Morgan fingerprint density at radius 1 is 0.304 bits per heavy atom. The van der Waals surface area contributed by atoms with Crippen LogP contribution in [-0.4, -0.2) is 47.0 Å². The maximum atomic E-state index is 13.0. The first-order valence-corrected chi connectivity index (χ1v) is 17.7. The SMILES string of the molecule is CC(=O)Oc1c2cc(C(C)=O)cc1Cc1cc(C(C)=O)cc(c1OC(C)=O)Cc1cc(C(C)=O)cc(c1OC(C)=O)Cc1cc(C(C)=O)cc(c1OC(C)=O)C2. The molecular formula is C44H40O12. The summed E-state index contributed by atoms with van der Waals surface area (Å²) in [6.07, 6.45) is -0.506. The van der Waals surface area contributed by atoms with E-state index in [1.54, 1.807) is 0 Å². The maximum Gasteiger partial charge on any atom is 0.308 e. The molecule has 0 atom stereocenters. The fraction of sp³-hybridized carbons (Fsp3) is 0.273.